The van der Waals surface area contributed by atoms with Gasteiger partial charge < -0.3 is 0 Å². The van der Waals surface area contributed by atoms with Gasteiger partial charge in [0.15, 0.2) is 0 Å². The van der Waals surface area contributed by atoms with E-state index in [-0.39, 0.29) is 0 Å². The largest absolute Gasteiger partial charge is 0.0549 e. The lowest BCUT2D eigenvalue weighted by Gasteiger charge is -2.33. The van der Waals surface area contributed by atoms with Crippen LogP contribution in [0.3, 0.4) is 0 Å². The van der Waals surface area contributed by atoms with Crippen LogP contribution < -0.4 is 0 Å². The summed E-state index contributed by atoms with van der Waals surface area (Å²) in [4.78, 5) is 0. The molecule has 0 heteroatoms. The fourth-order valence-electron chi connectivity index (χ4n) is 3.07. The molecule has 0 saturated heterocycles. The van der Waals surface area contributed by atoms with Gasteiger partial charge in [-0.3, -0.25) is 0 Å². The van der Waals surface area contributed by atoms with Crippen LogP contribution >= 0.6 is 0 Å². The summed E-state index contributed by atoms with van der Waals surface area (Å²) < 4.78 is 0. The van der Waals surface area contributed by atoms with Gasteiger partial charge in [-0.05, 0) is 46.9 Å². The summed E-state index contributed by atoms with van der Waals surface area (Å²) in [7, 11) is 0. The molecule has 6 bridgehead atoms. The van der Waals surface area contributed by atoms with Crippen molar-refractivity contribution < 1.29 is 0 Å². The molecule has 0 nitrogen and oxygen atoms in total. The molecule has 48 valence electrons. The molecule has 0 heterocycles. The second-order valence-electron chi connectivity index (χ2n) is 3.87. The molecule has 4 aliphatic carbocycles. The van der Waals surface area contributed by atoms with E-state index in [1.165, 1.54) is 12.8 Å². The average Bonchev–Trinajstić information content (AvgIpc) is 2.28. The Morgan fingerprint density at radius 2 is 1.40 bits per heavy atom. The third-order valence-electron chi connectivity index (χ3n) is 3.57. The number of rotatable bonds is 0. The monoisotopic (exact) mass is 128 g/mol. The van der Waals surface area contributed by atoms with Gasteiger partial charge in [0.1, 0.15) is 0 Å². The normalized spacial score (nSPS) is 35.2. The van der Waals surface area contributed by atoms with Crippen molar-refractivity contribution in [1.29, 1.82) is 0 Å². The van der Waals surface area contributed by atoms with Crippen LogP contribution in [-0.4, -0.2) is 0 Å². The average molecular weight is 128 g/mol. The molecule has 1 aromatic rings. The quantitative estimate of drug-likeness (QED) is 0.501. The molecule has 2 unspecified atom stereocenters. The van der Waals surface area contributed by atoms with Crippen molar-refractivity contribution in [2.24, 2.45) is 0 Å². The Morgan fingerprint density at radius 3 is 1.90 bits per heavy atom. The molecule has 10 heavy (non-hydrogen) atoms. The molecule has 0 spiro atoms. The van der Waals surface area contributed by atoms with E-state index >= 15 is 0 Å². The first-order valence-corrected chi connectivity index (χ1v) is 4.09. The molecule has 0 aliphatic heterocycles. The van der Waals surface area contributed by atoms with Crippen molar-refractivity contribution in [3.63, 3.8) is 0 Å². The summed E-state index contributed by atoms with van der Waals surface area (Å²) in [5, 5.41) is 0. The highest BCUT2D eigenvalue weighted by Crippen LogP contribution is 2.60. The second kappa shape index (κ2) is 0.952. The highest BCUT2D eigenvalue weighted by Gasteiger charge is 2.47. The molecule has 0 radical (unpaired) electrons. The van der Waals surface area contributed by atoms with Crippen molar-refractivity contribution in [2.75, 3.05) is 0 Å². The zero-order chi connectivity index (χ0) is 6.29. The van der Waals surface area contributed by atoms with Gasteiger partial charge in [-0.1, -0.05) is 12.1 Å². The van der Waals surface area contributed by atoms with Crippen molar-refractivity contribution in [2.45, 2.75) is 24.7 Å². The molecule has 1 aromatic carbocycles. The maximum absolute atomic E-state index is 2.44. The summed E-state index contributed by atoms with van der Waals surface area (Å²) in [5.41, 5.74) is 6.72. The first-order chi connectivity index (χ1) is 4.93. The zero-order valence-electron chi connectivity index (χ0n) is 5.72. The summed E-state index contributed by atoms with van der Waals surface area (Å²) in [6.07, 6.45) is 2.77. The Labute approximate surface area is 59.9 Å². The molecule has 0 amide bonds. The predicted molar refractivity (Wildman–Crippen MR) is 39.3 cm³/mol. The number of hydrogen-bond acceptors (Lipinski definition) is 0. The summed E-state index contributed by atoms with van der Waals surface area (Å²) in [5.74, 6) is 1.96. The third-order valence-corrected chi connectivity index (χ3v) is 3.57. The molecule has 0 saturated carbocycles. The molecule has 0 N–H and O–H groups in total. The van der Waals surface area contributed by atoms with Gasteiger partial charge in [0.25, 0.3) is 0 Å². The first kappa shape index (κ1) is 4.17. The Kier molecular flexibility index (Phi) is 0.397. The number of hydrogen-bond donors (Lipinski definition) is 0. The van der Waals surface area contributed by atoms with Crippen LogP contribution in [0.15, 0.2) is 12.1 Å². The van der Waals surface area contributed by atoms with Crippen LogP contribution in [0.1, 0.15) is 34.1 Å². The summed E-state index contributed by atoms with van der Waals surface area (Å²) in [6.45, 7) is 0. The van der Waals surface area contributed by atoms with E-state index in [0.717, 1.165) is 11.8 Å². The maximum Gasteiger partial charge on any atom is -0.00463 e. The van der Waals surface area contributed by atoms with E-state index in [4.69, 9.17) is 0 Å². The fraction of sp³-hybridized carbons (Fsp3) is 0.400. The maximum atomic E-state index is 2.44. The molecule has 4 aliphatic rings. The topological polar surface area (TPSA) is 0 Å². The number of benzene rings is 1. The Hall–Kier alpha value is -0.780. The van der Waals surface area contributed by atoms with Gasteiger partial charge in [0.05, 0.1) is 0 Å². The molecule has 5 rings (SSSR count). The van der Waals surface area contributed by atoms with Gasteiger partial charge in [-0.15, -0.1) is 0 Å². The van der Waals surface area contributed by atoms with Crippen molar-refractivity contribution in [3.8, 4) is 0 Å². The minimum Gasteiger partial charge on any atom is -0.0549 e. The Balaban J connectivity index is 2.35. The van der Waals surface area contributed by atoms with E-state index < -0.39 is 0 Å². The van der Waals surface area contributed by atoms with Crippen LogP contribution in [0.2, 0.25) is 0 Å². The summed E-state index contributed by atoms with van der Waals surface area (Å²) in [6, 6.07) is 4.89. The Morgan fingerprint density at radius 1 is 0.900 bits per heavy atom. The van der Waals surface area contributed by atoms with Gasteiger partial charge in [0.2, 0.25) is 0 Å². The highest BCUT2D eigenvalue weighted by atomic mass is 14.5. The molecular formula is C10H8. The third kappa shape index (κ3) is 0.225. The molecular weight excluding hydrogens is 120 g/mol. The van der Waals surface area contributed by atoms with Crippen molar-refractivity contribution >= 4 is 0 Å². The first-order valence-electron chi connectivity index (χ1n) is 4.09. The predicted octanol–water partition coefficient (Wildman–Crippen LogP) is 1.98. The zero-order valence-corrected chi connectivity index (χ0v) is 5.72. The second-order valence-corrected chi connectivity index (χ2v) is 3.87. The van der Waals surface area contributed by atoms with E-state index in [0.29, 0.717) is 0 Å². The van der Waals surface area contributed by atoms with E-state index in [2.05, 4.69) is 12.1 Å². The SMILES string of the molecule is c1c2c3cc4c1C(C2)C4C3. The van der Waals surface area contributed by atoms with Crippen LogP contribution in [0.4, 0.5) is 0 Å². The lowest BCUT2D eigenvalue weighted by atomic mass is 9.70. The minimum atomic E-state index is 0.979. The van der Waals surface area contributed by atoms with Gasteiger partial charge in [-0.25, -0.2) is 0 Å². The van der Waals surface area contributed by atoms with Gasteiger partial charge in [0, 0.05) is 0 Å². The van der Waals surface area contributed by atoms with Crippen LogP contribution in [0.25, 0.3) is 0 Å². The van der Waals surface area contributed by atoms with E-state index in [1.807, 2.05) is 0 Å². The summed E-state index contributed by atoms with van der Waals surface area (Å²) >= 11 is 0. The van der Waals surface area contributed by atoms with Gasteiger partial charge >= 0.3 is 0 Å². The lowest BCUT2D eigenvalue weighted by molar-refractivity contribution is 0.481. The molecule has 0 aromatic heterocycles. The molecule has 0 fully saturated rings. The van der Waals surface area contributed by atoms with Crippen LogP contribution in [0.5, 0.6) is 0 Å². The van der Waals surface area contributed by atoms with Crippen LogP contribution in [-0.2, 0) is 12.8 Å². The highest BCUT2D eigenvalue weighted by molar-refractivity contribution is 5.61. The fourth-order valence-corrected chi connectivity index (χ4v) is 3.07. The lowest BCUT2D eigenvalue weighted by Crippen LogP contribution is -2.22. The van der Waals surface area contributed by atoms with Crippen molar-refractivity contribution in [1.82, 2.24) is 0 Å². The van der Waals surface area contributed by atoms with E-state index in [9.17, 15) is 0 Å². The van der Waals surface area contributed by atoms with Crippen molar-refractivity contribution in [3.05, 3.63) is 34.4 Å². The smallest absolute Gasteiger partial charge is 0.00463 e. The minimum absolute atomic E-state index is 0.979. The van der Waals surface area contributed by atoms with Gasteiger partial charge in [-0.2, -0.15) is 0 Å². The van der Waals surface area contributed by atoms with E-state index in [1.54, 1.807) is 22.3 Å². The Bertz CT molecular complexity index is 303. The molecule has 2 atom stereocenters. The standard InChI is InChI=1S/C10H8/c1-5-2-8-7(1)9-3-6(5)4-10(8)9/h1,3,8,10H,2,4H2. The van der Waals surface area contributed by atoms with Crippen LogP contribution in [0, 0.1) is 0 Å².